The molecule has 0 radical (unpaired) electrons. The lowest BCUT2D eigenvalue weighted by atomic mass is 9.79. The van der Waals surface area contributed by atoms with Gasteiger partial charge in [-0.15, -0.1) is 0 Å². The first-order valence-corrected chi connectivity index (χ1v) is 15.4. The minimum atomic E-state index is -0.115. The van der Waals surface area contributed by atoms with Crippen molar-refractivity contribution in [2.75, 3.05) is 32.2 Å². The summed E-state index contributed by atoms with van der Waals surface area (Å²) in [4.78, 5) is 2.49. The standard InChI is InChI=1S/C38H39N3O2/c1-42-38(43-2)30-21-23-40(24-22-30)31-15-13-29(14-16-31)37-32(28-11-7-4-8-12-28)17-18-33-34(37)19-20-36-35(33)25-39-41(36)26-27-9-5-3-6-10-27/h3-16,19-20,25,30,38H,17-18,21-24,26H2,1-2H3. The highest BCUT2D eigenvalue weighted by Gasteiger charge is 2.28. The quantitative estimate of drug-likeness (QED) is 0.179. The van der Waals surface area contributed by atoms with Gasteiger partial charge in [-0.1, -0.05) is 78.9 Å². The second-order valence-electron chi connectivity index (χ2n) is 11.7. The Morgan fingerprint density at radius 1 is 0.767 bits per heavy atom. The number of aromatic nitrogens is 2. The van der Waals surface area contributed by atoms with Crippen LogP contribution >= 0.6 is 0 Å². The lowest BCUT2D eigenvalue weighted by molar-refractivity contribution is -0.141. The molecular formula is C38H39N3O2. The average molecular weight is 570 g/mol. The molecule has 0 amide bonds. The van der Waals surface area contributed by atoms with E-state index in [1.807, 2.05) is 0 Å². The predicted octanol–water partition coefficient (Wildman–Crippen LogP) is 7.83. The molecule has 1 saturated heterocycles. The highest BCUT2D eigenvalue weighted by Crippen LogP contribution is 2.43. The third kappa shape index (κ3) is 5.39. The molecule has 0 N–H and O–H groups in total. The number of ether oxygens (including phenoxy) is 2. The van der Waals surface area contributed by atoms with Gasteiger partial charge >= 0.3 is 0 Å². The zero-order valence-electron chi connectivity index (χ0n) is 25.1. The van der Waals surface area contributed by atoms with E-state index >= 15 is 0 Å². The Morgan fingerprint density at radius 3 is 2.16 bits per heavy atom. The maximum absolute atomic E-state index is 5.54. The minimum Gasteiger partial charge on any atom is -0.372 e. The van der Waals surface area contributed by atoms with Gasteiger partial charge in [0.2, 0.25) is 0 Å². The fraction of sp³-hybridized carbons (Fsp3) is 0.289. The van der Waals surface area contributed by atoms with Gasteiger partial charge < -0.3 is 14.4 Å². The summed E-state index contributed by atoms with van der Waals surface area (Å²) in [5.74, 6) is 0.441. The molecule has 1 fully saturated rings. The van der Waals surface area contributed by atoms with E-state index in [1.54, 1.807) is 14.2 Å². The summed E-state index contributed by atoms with van der Waals surface area (Å²) in [7, 11) is 3.48. The van der Waals surface area contributed by atoms with Crippen LogP contribution in [0.3, 0.4) is 0 Å². The zero-order chi connectivity index (χ0) is 29.2. The smallest absolute Gasteiger partial charge is 0.159 e. The van der Waals surface area contributed by atoms with Gasteiger partial charge in [0, 0.05) is 44.3 Å². The molecule has 1 aliphatic heterocycles. The summed E-state index contributed by atoms with van der Waals surface area (Å²) in [6, 6.07) is 35.4. The maximum atomic E-state index is 5.54. The molecule has 7 rings (SSSR count). The van der Waals surface area contributed by atoms with Gasteiger partial charge in [0.05, 0.1) is 18.3 Å². The summed E-state index contributed by atoms with van der Waals surface area (Å²) in [6.07, 6.45) is 6.11. The number of allylic oxidation sites excluding steroid dienone is 1. The van der Waals surface area contributed by atoms with Crippen LogP contribution in [0, 0.1) is 5.92 Å². The number of hydrogen-bond acceptors (Lipinski definition) is 4. The third-order valence-electron chi connectivity index (χ3n) is 9.34. The number of piperidine rings is 1. The Balaban J connectivity index is 1.23. The Morgan fingerprint density at radius 2 is 1.47 bits per heavy atom. The van der Waals surface area contributed by atoms with Crippen molar-refractivity contribution in [3.63, 3.8) is 0 Å². The summed E-state index contributed by atoms with van der Waals surface area (Å²) in [5, 5.41) is 6.11. The van der Waals surface area contributed by atoms with Crippen molar-refractivity contribution in [1.29, 1.82) is 0 Å². The van der Waals surface area contributed by atoms with Gasteiger partial charge in [-0.05, 0) is 82.8 Å². The largest absolute Gasteiger partial charge is 0.372 e. The molecule has 1 aromatic heterocycles. The molecule has 2 heterocycles. The van der Waals surface area contributed by atoms with Crippen molar-refractivity contribution >= 4 is 27.7 Å². The molecule has 218 valence electrons. The van der Waals surface area contributed by atoms with Gasteiger partial charge in [0.1, 0.15) is 0 Å². The van der Waals surface area contributed by atoms with Crippen LogP contribution in [0.4, 0.5) is 5.69 Å². The van der Waals surface area contributed by atoms with E-state index in [9.17, 15) is 0 Å². The van der Waals surface area contributed by atoms with Gasteiger partial charge in [0.15, 0.2) is 6.29 Å². The Bertz CT molecular complexity index is 1710. The number of rotatable bonds is 8. The van der Waals surface area contributed by atoms with Crippen molar-refractivity contribution in [1.82, 2.24) is 9.78 Å². The first-order valence-electron chi connectivity index (χ1n) is 15.4. The SMILES string of the molecule is COC(OC)C1CCN(c2ccc(C3=C(c4ccccc4)CCc4c3ccc3c4cnn3Cc3ccccc3)cc2)CC1. The van der Waals surface area contributed by atoms with E-state index in [-0.39, 0.29) is 6.29 Å². The van der Waals surface area contributed by atoms with Crippen LogP contribution in [-0.2, 0) is 22.4 Å². The molecule has 5 nitrogen and oxygen atoms in total. The van der Waals surface area contributed by atoms with Gasteiger partial charge in [-0.3, -0.25) is 4.68 Å². The number of fused-ring (bicyclic) bond motifs is 3. The average Bonchev–Trinajstić information content (AvgIpc) is 3.49. The van der Waals surface area contributed by atoms with Crippen LogP contribution in [-0.4, -0.2) is 43.4 Å². The van der Waals surface area contributed by atoms with Crippen LogP contribution in [0.5, 0.6) is 0 Å². The van der Waals surface area contributed by atoms with Crippen LogP contribution in [0.2, 0.25) is 0 Å². The summed E-state index contributed by atoms with van der Waals surface area (Å²) < 4.78 is 13.2. The molecule has 0 unspecified atom stereocenters. The lowest BCUT2D eigenvalue weighted by Gasteiger charge is -2.36. The number of hydrogen-bond donors (Lipinski definition) is 0. The zero-order valence-corrected chi connectivity index (χ0v) is 25.1. The number of benzene rings is 4. The van der Waals surface area contributed by atoms with Crippen molar-refractivity contribution in [2.45, 2.75) is 38.5 Å². The maximum Gasteiger partial charge on any atom is 0.159 e. The Labute approximate surface area is 254 Å². The molecule has 0 spiro atoms. The molecule has 0 atom stereocenters. The predicted molar refractivity (Wildman–Crippen MR) is 175 cm³/mol. The molecule has 0 bridgehead atoms. The summed E-state index contributed by atoms with van der Waals surface area (Å²) in [6.45, 7) is 2.80. The van der Waals surface area contributed by atoms with E-state index in [0.29, 0.717) is 5.92 Å². The summed E-state index contributed by atoms with van der Waals surface area (Å²) in [5.41, 5.74) is 11.8. The number of nitrogens with zero attached hydrogens (tertiary/aromatic N) is 3. The fourth-order valence-corrected chi connectivity index (χ4v) is 7.14. The molecular weight excluding hydrogens is 530 g/mol. The number of aryl methyl sites for hydroxylation is 1. The first kappa shape index (κ1) is 27.6. The molecule has 2 aliphatic rings. The molecule has 43 heavy (non-hydrogen) atoms. The molecule has 4 aromatic carbocycles. The van der Waals surface area contributed by atoms with E-state index in [4.69, 9.17) is 14.6 Å². The van der Waals surface area contributed by atoms with Crippen LogP contribution in [0.1, 0.15) is 47.1 Å². The molecule has 5 heteroatoms. The third-order valence-corrected chi connectivity index (χ3v) is 9.34. The van der Waals surface area contributed by atoms with Crippen molar-refractivity contribution in [2.24, 2.45) is 5.92 Å². The van der Waals surface area contributed by atoms with E-state index < -0.39 is 0 Å². The minimum absolute atomic E-state index is 0.115. The summed E-state index contributed by atoms with van der Waals surface area (Å²) >= 11 is 0. The number of methoxy groups -OCH3 is 2. The topological polar surface area (TPSA) is 39.5 Å². The van der Waals surface area contributed by atoms with Crippen molar-refractivity contribution in [3.05, 3.63) is 131 Å². The van der Waals surface area contributed by atoms with Crippen LogP contribution < -0.4 is 4.90 Å². The van der Waals surface area contributed by atoms with E-state index in [0.717, 1.165) is 45.3 Å². The Hall–Kier alpha value is -4.19. The number of anilines is 1. The highest BCUT2D eigenvalue weighted by atomic mass is 16.7. The lowest BCUT2D eigenvalue weighted by Crippen LogP contribution is -2.39. The fourth-order valence-electron chi connectivity index (χ4n) is 7.14. The second kappa shape index (κ2) is 12.2. The molecule has 0 saturated carbocycles. The van der Waals surface area contributed by atoms with Gasteiger partial charge in [-0.25, -0.2) is 0 Å². The normalized spacial score (nSPS) is 15.8. The van der Waals surface area contributed by atoms with E-state index in [2.05, 4.69) is 113 Å². The molecule has 5 aromatic rings. The first-order chi connectivity index (χ1) is 21.2. The van der Waals surface area contributed by atoms with Crippen molar-refractivity contribution in [3.8, 4) is 0 Å². The van der Waals surface area contributed by atoms with Crippen molar-refractivity contribution < 1.29 is 9.47 Å². The van der Waals surface area contributed by atoms with E-state index in [1.165, 1.54) is 55.6 Å². The van der Waals surface area contributed by atoms with Crippen LogP contribution in [0.25, 0.3) is 22.0 Å². The second-order valence-corrected chi connectivity index (χ2v) is 11.7. The van der Waals surface area contributed by atoms with Gasteiger partial charge in [0.25, 0.3) is 0 Å². The monoisotopic (exact) mass is 569 g/mol. The van der Waals surface area contributed by atoms with Crippen LogP contribution in [0.15, 0.2) is 103 Å². The Kier molecular flexibility index (Phi) is 7.84. The van der Waals surface area contributed by atoms with Gasteiger partial charge in [-0.2, -0.15) is 5.10 Å². The molecule has 1 aliphatic carbocycles. The highest BCUT2D eigenvalue weighted by molar-refractivity contribution is 6.04.